The Morgan fingerprint density at radius 3 is 2.77 bits per heavy atom. The van der Waals surface area contributed by atoms with Gasteiger partial charge in [-0.1, -0.05) is 11.8 Å². The molecule has 1 saturated heterocycles. The Hall–Kier alpha value is -2.04. The predicted molar refractivity (Wildman–Crippen MR) is 119 cm³/mol. The first kappa shape index (κ1) is 19.9. The van der Waals surface area contributed by atoms with Crippen molar-refractivity contribution in [3.8, 4) is 11.5 Å². The highest BCUT2D eigenvalue weighted by atomic mass is 79.9. The summed E-state index contributed by atoms with van der Waals surface area (Å²) in [7, 11) is 2.19. The largest absolute Gasteiger partial charge is 0.454 e. The quantitative estimate of drug-likeness (QED) is 0.577. The van der Waals surface area contributed by atoms with Crippen LogP contribution in [0.1, 0.15) is 19.3 Å². The van der Waals surface area contributed by atoms with Gasteiger partial charge in [0.1, 0.15) is 6.33 Å². The van der Waals surface area contributed by atoms with E-state index in [-0.39, 0.29) is 6.79 Å². The van der Waals surface area contributed by atoms with E-state index < -0.39 is 0 Å². The van der Waals surface area contributed by atoms with Crippen LogP contribution >= 0.6 is 27.7 Å². The Balaban J connectivity index is 1.45. The molecule has 2 aliphatic rings. The van der Waals surface area contributed by atoms with Gasteiger partial charge in [0.2, 0.25) is 6.79 Å². The average molecular weight is 491 g/mol. The second-order valence-corrected chi connectivity index (χ2v) is 9.61. The highest BCUT2D eigenvalue weighted by molar-refractivity contribution is 9.10. The fourth-order valence-corrected chi connectivity index (χ4v) is 5.46. The first-order valence-electron chi connectivity index (χ1n) is 10.0. The molecule has 2 N–H and O–H groups in total. The molecule has 158 valence electrons. The molecule has 8 nitrogen and oxygen atoms in total. The van der Waals surface area contributed by atoms with Crippen molar-refractivity contribution in [1.29, 1.82) is 0 Å². The minimum atomic E-state index is 0.247. The van der Waals surface area contributed by atoms with E-state index in [1.54, 1.807) is 11.8 Å². The van der Waals surface area contributed by atoms with Crippen LogP contribution in [0.2, 0.25) is 0 Å². The maximum atomic E-state index is 6.10. The molecule has 0 aliphatic carbocycles. The first-order valence-corrected chi connectivity index (χ1v) is 11.6. The molecule has 30 heavy (non-hydrogen) atoms. The third-order valence-corrected chi connectivity index (χ3v) is 7.72. The summed E-state index contributed by atoms with van der Waals surface area (Å²) >= 11 is 5.21. The van der Waals surface area contributed by atoms with E-state index in [9.17, 15) is 0 Å². The van der Waals surface area contributed by atoms with E-state index in [0.29, 0.717) is 17.3 Å². The van der Waals surface area contributed by atoms with Gasteiger partial charge in [0.25, 0.3) is 0 Å². The lowest BCUT2D eigenvalue weighted by atomic mass is 9.94. The highest BCUT2D eigenvalue weighted by Gasteiger charge is 2.22. The van der Waals surface area contributed by atoms with Gasteiger partial charge < -0.3 is 24.7 Å². The summed E-state index contributed by atoms with van der Waals surface area (Å²) in [5.41, 5.74) is 7.54. The highest BCUT2D eigenvalue weighted by Crippen LogP contribution is 2.43. The number of aryl methyl sites for hydroxylation is 1. The van der Waals surface area contributed by atoms with Crippen LogP contribution in [0.15, 0.2) is 33.0 Å². The van der Waals surface area contributed by atoms with Gasteiger partial charge in [-0.05, 0) is 73.4 Å². The number of hydrogen-bond acceptors (Lipinski definition) is 8. The van der Waals surface area contributed by atoms with Gasteiger partial charge in [0.15, 0.2) is 33.6 Å². The van der Waals surface area contributed by atoms with Crippen LogP contribution in [0.5, 0.6) is 11.5 Å². The molecule has 5 rings (SSSR count). The Morgan fingerprint density at radius 1 is 1.20 bits per heavy atom. The third-order valence-electron chi connectivity index (χ3n) is 5.75. The van der Waals surface area contributed by atoms with Crippen LogP contribution in [-0.2, 0) is 6.54 Å². The lowest BCUT2D eigenvalue weighted by Crippen LogP contribution is -2.30. The van der Waals surface area contributed by atoms with Crippen LogP contribution in [-0.4, -0.2) is 51.3 Å². The third kappa shape index (κ3) is 3.83. The van der Waals surface area contributed by atoms with Gasteiger partial charge in [0.05, 0.1) is 0 Å². The molecule has 0 atom stereocenters. The molecule has 4 heterocycles. The minimum absolute atomic E-state index is 0.247. The summed E-state index contributed by atoms with van der Waals surface area (Å²) in [6.45, 7) is 3.43. The van der Waals surface area contributed by atoms with Crippen molar-refractivity contribution in [2.75, 3.05) is 32.7 Å². The van der Waals surface area contributed by atoms with Gasteiger partial charge in [-0.15, -0.1) is 0 Å². The molecule has 0 radical (unpaired) electrons. The van der Waals surface area contributed by atoms with Gasteiger partial charge in [-0.25, -0.2) is 15.0 Å². The van der Waals surface area contributed by atoms with E-state index in [4.69, 9.17) is 20.2 Å². The van der Waals surface area contributed by atoms with Crippen LogP contribution in [0.4, 0.5) is 5.82 Å². The molecule has 0 unspecified atom stereocenters. The number of benzene rings is 1. The molecule has 2 aliphatic heterocycles. The van der Waals surface area contributed by atoms with Crippen LogP contribution < -0.4 is 15.2 Å². The molecule has 1 fully saturated rings. The molecule has 0 saturated carbocycles. The number of likely N-dealkylation sites (tertiary alicyclic amines) is 1. The maximum Gasteiger partial charge on any atom is 0.231 e. The van der Waals surface area contributed by atoms with Crippen molar-refractivity contribution < 1.29 is 9.47 Å². The van der Waals surface area contributed by atoms with Crippen molar-refractivity contribution in [1.82, 2.24) is 24.4 Å². The molecule has 10 heteroatoms. The number of imidazole rings is 1. The fourth-order valence-electron chi connectivity index (χ4n) is 3.95. The topological polar surface area (TPSA) is 91.3 Å². The number of nitrogens with zero attached hydrogens (tertiary/aromatic N) is 5. The molecular weight excluding hydrogens is 468 g/mol. The van der Waals surface area contributed by atoms with Crippen molar-refractivity contribution >= 4 is 44.7 Å². The number of nitrogen functional groups attached to an aromatic ring is 1. The first-order chi connectivity index (χ1) is 14.6. The SMILES string of the molecule is CN1CCC(CCn2c(Sc3cc4c(cc3Br)OCO4)nc3c(N)ncnc32)CC1. The Morgan fingerprint density at radius 2 is 1.97 bits per heavy atom. The maximum absolute atomic E-state index is 6.10. The number of halogens is 1. The number of rotatable bonds is 5. The van der Waals surface area contributed by atoms with E-state index in [1.165, 1.54) is 19.2 Å². The zero-order chi connectivity index (χ0) is 20.7. The van der Waals surface area contributed by atoms with E-state index in [2.05, 4.69) is 42.4 Å². The van der Waals surface area contributed by atoms with Crippen LogP contribution in [0.3, 0.4) is 0 Å². The van der Waals surface area contributed by atoms with Gasteiger partial charge >= 0.3 is 0 Å². The molecule has 0 spiro atoms. The number of anilines is 1. The van der Waals surface area contributed by atoms with Gasteiger partial charge in [-0.2, -0.15) is 0 Å². The van der Waals surface area contributed by atoms with Crippen molar-refractivity contribution in [3.05, 3.63) is 22.9 Å². The van der Waals surface area contributed by atoms with Crippen molar-refractivity contribution in [3.63, 3.8) is 0 Å². The van der Waals surface area contributed by atoms with E-state index in [0.717, 1.165) is 57.7 Å². The summed E-state index contributed by atoms with van der Waals surface area (Å²) in [5, 5.41) is 0.852. The summed E-state index contributed by atoms with van der Waals surface area (Å²) < 4.78 is 14.1. The monoisotopic (exact) mass is 490 g/mol. The zero-order valence-corrected chi connectivity index (χ0v) is 19.1. The smallest absolute Gasteiger partial charge is 0.231 e. The Kier molecular flexibility index (Phi) is 5.46. The predicted octanol–water partition coefficient (Wildman–Crippen LogP) is 3.78. The van der Waals surface area contributed by atoms with Gasteiger partial charge in [-0.3, -0.25) is 0 Å². The van der Waals surface area contributed by atoms with Gasteiger partial charge in [0, 0.05) is 15.9 Å². The summed E-state index contributed by atoms with van der Waals surface area (Å²) in [4.78, 5) is 16.8. The summed E-state index contributed by atoms with van der Waals surface area (Å²) in [6, 6.07) is 3.91. The van der Waals surface area contributed by atoms with E-state index in [1.807, 2.05) is 12.1 Å². The number of piperidine rings is 1. The molecule has 2 aromatic heterocycles. The summed E-state index contributed by atoms with van der Waals surface area (Å²) in [5.74, 6) is 2.61. The average Bonchev–Trinajstić information content (AvgIpc) is 3.33. The van der Waals surface area contributed by atoms with Crippen molar-refractivity contribution in [2.45, 2.75) is 35.9 Å². The molecular formula is C20H23BrN6O2S. The zero-order valence-electron chi connectivity index (χ0n) is 16.7. The van der Waals surface area contributed by atoms with E-state index >= 15 is 0 Å². The molecule has 1 aromatic carbocycles. The Bertz CT molecular complexity index is 1080. The minimum Gasteiger partial charge on any atom is -0.454 e. The van der Waals surface area contributed by atoms with Crippen LogP contribution in [0, 0.1) is 5.92 Å². The second-order valence-electron chi connectivity index (χ2n) is 7.75. The Labute approximate surface area is 187 Å². The number of fused-ring (bicyclic) bond motifs is 2. The normalized spacial score (nSPS) is 17.1. The number of nitrogens with two attached hydrogens (primary N) is 1. The van der Waals surface area contributed by atoms with Crippen molar-refractivity contribution in [2.24, 2.45) is 5.92 Å². The molecule has 0 amide bonds. The summed E-state index contributed by atoms with van der Waals surface area (Å²) in [6.07, 6.45) is 5.07. The lowest BCUT2D eigenvalue weighted by molar-refractivity contribution is 0.174. The number of ether oxygens (including phenoxy) is 2. The van der Waals surface area contributed by atoms with Crippen LogP contribution in [0.25, 0.3) is 11.2 Å². The fraction of sp³-hybridized carbons (Fsp3) is 0.450. The lowest BCUT2D eigenvalue weighted by Gasteiger charge is -2.29. The molecule has 0 bridgehead atoms. The number of aromatic nitrogens is 4. The standard InChI is InChI=1S/C20H23BrN6O2S/c1-26-5-2-12(3-6-26)4-7-27-19-17(18(22)23-10-24-19)25-20(27)30-16-9-15-14(8-13(16)21)28-11-29-15/h8-10,12H,2-7,11H2,1H3,(H2,22,23,24). The molecule has 3 aromatic rings. The number of hydrogen-bond donors (Lipinski definition) is 1. The second kappa shape index (κ2) is 8.24.